The van der Waals surface area contributed by atoms with Crippen molar-refractivity contribution in [2.45, 2.75) is 38.5 Å². The van der Waals surface area contributed by atoms with Crippen molar-refractivity contribution in [3.05, 3.63) is 41.5 Å². The number of benzene rings is 1. The van der Waals surface area contributed by atoms with Crippen LogP contribution in [0.3, 0.4) is 0 Å². The van der Waals surface area contributed by atoms with Crippen LogP contribution in [0.2, 0.25) is 0 Å². The summed E-state index contributed by atoms with van der Waals surface area (Å²) in [4.78, 5) is 12.4. The van der Waals surface area contributed by atoms with Crippen LogP contribution in [-0.4, -0.2) is 5.78 Å². The van der Waals surface area contributed by atoms with Crippen molar-refractivity contribution in [2.75, 3.05) is 0 Å². The Labute approximate surface area is 109 Å². The highest BCUT2D eigenvalue weighted by atomic mass is 16.1. The Hall–Kier alpha value is -1.37. The van der Waals surface area contributed by atoms with E-state index in [0.717, 1.165) is 24.0 Å². The van der Waals surface area contributed by atoms with Gasteiger partial charge in [-0.05, 0) is 48.8 Å². The van der Waals surface area contributed by atoms with Crippen LogP contribution in [0.15, 0.2) is 35.9 Å². The quantitative estimate of drug-likeness (QED) is 0.707. The molecule has 2 fully saturated rings. The van der Waals surface area contributed by atoms with Gasteiger partial charge in [-0.2, -0.15) is 0 Å². The zero-order valence-electron chi connectivity index (χ0n) is 10.8. The van der Waals surface area contributed by atoms with Crippen molar-refractivity contribution in [1.82, 2.24) is 0 Å². The van der Waals surface area contributed by atoms with Gasteiger partial charge in [-0.25, -0.2) is 0 Å². The molecule has 0 bridgehead atoms. The second kappa shape index (κ2) is 5.09. The third-order valence-electron chi connectivity index (χ3n) is 4.49. The Morgan fingerprint density at radius 1 is 1.00 bits per heavy atom. The van der Waals surface area contributed by atoms with Crippen LogP contribution < -0.4 is 0 Å². The van der Waals surface area contributed by atoms with E-state index in [2.05, 4.69) is 18.2 Å². The van der Waals surface area contributed by atoms with Crippen molar-refractivity contribution in [3.8, 4) is 0 Å². The van der Waals surface area contributed by atoms with Gasteiger partial charge in [-0.15, -0.1) is 0 Å². The number of hydrogen-bond acceptors (Lipinski definition) is 1. The number of carbonyl (C=O) groups excluding carboxylic acids is 1. The van der Waals surface area contributed by atoms with Gasteiger partial charge in [0.2, 0.25) is 0 Å². The Kier molecular flexibility index (Phi) is 3.31. The van der Waals surface area contributed by atoms with Crippen LogP contribution in [0, 0.1) is 11.8 Å². The summed E-state index contributed by atoms with van der Waals surface area (Å²) in [5, 5.41) is 0. The minimum atomic E-state index is 0.336. The van der Waals surface area contributed by atoms with Crippen LogP contribution in [0.25, 0.3) is 6.08 Å². The fourth-order valence-electron chi connectivity index (χ4n) is 3.51. The molecule has 18 heavy (non-hydrogen) atoms. The van der Waals surface area contributed by atoms with Crippen LogP contribution >= 0.6 is 0 Å². The number of ketones is 1. The fourth-order valence-corrected chi connectivity index (χ4v) is 3.51. The van der Waals surface area contributed by atoms with Gasteiger partial charge in [0.15, 0.2) is 5.78 Å². The van der Waals surface area contributed by atoms with Crippen molar-refractivity contribution >= 4 is 11.9 Å². The van der Waals surface area contributed by atoms with Crippen molar-refractivity contribution in [3.63, 3.8) is 0 Å². The summed E-state index contributed by atoms with van der Waals surface area (Å²) < 4.78 is 0. The maximum Gasteiger partial charge on any atom is 0.162 e. The summed E-state index contributed by atoms with van der Waals surface area (Å²) in [7, 11) is 0. The molecule has 0 radical (unpaired) electrons. The predicted octanol–water partition coefficient (Wildman–Crippen LogP) is 4.24. The first-order valence-corrected chi connectivity index (χ1v) is 7.14. The number of allylic oxidation sites excluding steroid dienone is 1. The number of hydrogen-bond donors (Lipinski definition) is 0. The normalized spacial score (nSPS) is 27.2. The third kappa shape index (κ3) is 2.27. The van der Waals surface area contributed by atoms with E-state index in [1.165, 1.54) is 25.7 Å². The molecule has 2 saturated carbocycles. The highest BCUT2D eigenvalue weighted by molar-refractivity contribution is 6.03. The van der Waals surface area contributed by atoms with Crippen LogP contribution in [0.5, 0.6) is 0 Å². The Balaban J connectivity index is 1.76. The summed E-state index contributed by atoms with van der Waals surface area (Å²) in [6, 6.07) is 10.2. The average molecular weight is 240 g/mol. The first kappa shape index (κ1) is 11.7. The van der Waals surface area contributed by atoms with E-state index >= 15 is 0 Å². The molecular weight excluding hydrogens is 220 g/mol. The van der Waals surface area contributed by atoms with Crippen molar-refractivity contribution < 1.29 is 4.79 Å². The second-order valence-electron chi connectivity index (χ2n) is 5.63. The molecule has 0 spiro atoms. The zero-order chi connectivity index (χ0) is 12.4. The first-order chi connectivity index (χ1) is 8.84. The second-order valence-corrected chi connectivity index (χ2v) is 5.63. The van der Waals surface area contributed by atoms with Crippen LogP contribution in [0.1, 0.15) is 44.1 Å². The van der Waals surface area contributed by atoms with Gasteiger partial charge in [0.25, 0.3) is 0 Å². The lowest BCUT2D eigenvalue weighted by molar-refractivity contribution is -0.119. The lowest BCUT2D eigenvalue weighted by Crippen LogP contribution is -2.16. The molecule has 1 atom stereocenters. The molecule has 1 nitrogen and oxygen atoms in total. The monoisotopic (exact) mass is 240 g/mol. The highest BCUT2D eigenvalue weighted by Crippen LogP contribution is 2.40. The fraction of sp³-hybridized carbons (Fsp3) is 0.471. The average Bonchev–Trinajstić information content (AvgIpc) is 3.02. The van der Waals surface area contributed by atoms with E-state index in [9.17, 15) is 4.79 Å². The Bertz CT molecular complexity index is 452. The Morgan fingerprint density at radius 2 is 1.72 bits per heavy atom. The third-order valence-corrected chi connectivity index (χ3v) is 4.49. The molecule has 1 aromatic carbocycles. The molecule has 0 saturated heterocycles. The van der Waals surface area contributed by atoms with Crippen molar-refractivity contribution in [1.29, 1.82) is 0 Å². The molecule has 0 N–H and O–H groups in total. The minimum Gasteiger partial charge on any atom is -0.294 e. The number of carbonyl (C=O) groups is 1. The lowest BCUT2D eigenvalue weighted by Gasteiger charge is -2.15. The summed E-state index contributed by atoms with van der Waals surface area (Å²) in [5.74, 6) is 1.45. The zero-order valence-corrected chi connectivity index (χ0v) is 10.8. The van der Waals surface area contributed by atoms with Crippen molar-refractivity contribution in [2.24, 2.45) is 11.8 Å². The minimum absolute atomic E-state index is 0.336. The smallest absolute Gasteiger partial charge is 0.162 e. The predicted molar refractivity (Wildman–Crippen MR) is 74.1 cm³/mol. The maximum absolute atomic E-state index is 12.4. The van der Waals surface area contributed by atoms with Gasteiger partial charge in [-0.1, -0.05) is 43.2 Å². The van der Waals surface area contributed by atoms with E-state index in [0.29, 0.717) is 17.6 Å². The van der Waals surface area contributed by atoms with Gasteiger partial charge in [-0.3, -0.25) is 4.79 Å². The summed E-state index contributed by atoms with van der Waals surface area (Å²) in [6.45, 7) is 0. The molecule has 2 aliphatic rings. The molecule has 0 aromatic heterocycles. The molecule has 94 valence electrons. The van der Waals surface area contributed by atoms with E-state index in [-0.39, 0.29) is 0 Å². The van der Waals surface area contributed by atoms with Gasteiger partial charge in [0.1, 0.15) is 0 Å². The molecular formula is C17H20O. The molecule has 1 aromatic rings. The highest BCUT2D eigenvalue weighted by Gasteiger charge is 2.36. The number of rotatable bonds is 2. The standard InChI is InChI=1S/C17H20O/c18-17-15(12-13-6-2-1-3-7-13)10-11-16(17)14-8-4-5-9-14/h1-3,6-7,12,14,16H,4-5,8-11H2/b15-12+. The van der Waals surface area contributed by atoms with E-state index in [1.807, 2.05) is 18.2 Å². The molecule has 1 heteroatoms. The van der Waals surface area contributed by atoms with E-state index in [4.69, 9.17) is 0 Å². The molecule has 3 rings (SSSR count). The van der Waals surface area contributed by atoms with Gasteiger partial charge in [0, 0.05) is 5.92 Å². The van der Waals surface area contributed by atoms with Crippen LogP contribution in [-0.2, 0) is 4.79 Å². The summed E-state index contributed by atoms with van der Waals surface area (Å²) in [6.07, 6.45) is 9.36. The first-order valence-electron chi connectivity index (χ1n) is 7.14. The van der Waals surface area contributed by atoms with Crippen LogP contribution in [0.4, 0.5) is 0 Å². The Morgan fingerprint density at radius 3 is 2.44 bits per heavy atom. The van der Waals surface area contributed by atoms with E-state index < -0.39 is 0 Å². The SMILES string of the molecule is O=C1/C(=C/c2ccccc2)CCC1C1CCCC1. The molecule has 0 amide bonds. The molecule has 0 heterocycles. The molecule has 2 aliphatic carbocycles. The van der Waals surface area contributed by atoms with E-state index in [1.54, 1.807) is 0 Å². The summed E-state index contributed by atoms with van der Waals surface area (Å²) >= 11 is 0. The lowest BCUT2D eigenvalue weighted by atomic mass is 9.88. The molecule has 1 unspecified atom stereocenters. The topological polar surface area (TPSA) is 17.1 Å². The molecule has 0 aliphatic heterocycles. The van der Waals surface area contributed by atoms with Gasteiger partial charge >= 0.3 is 0 Å². The maximum atomic E-state index is 12.4. The number of Topliss-reactive ketones (excluding diaryl/α,β-unsaturated/α-hetero) is 1. The van der Waals surface area contributed by atoms with Gasteiger partial charge in [0.05, 0.1) is 0 Å². The largest absolute Gasteiger partial charge is 0.294 e. The van der Waals surface area contributed by atoms with Gasteiger partial charge < -0.3 is 0 Å². The summed E-state index contributed by atoms with van der Waals surface area (Å²) in [5.41, 5.74) is 2.21.